The first-order chi connectivity index (χ1) is 10.2. The number of nitrogens with zero attached hydrogens (tertiary/aromatic N) is 1. The van der Waals surface area contributed by atoms with Crippen LogP contribution >= 0.6 is 0 Å². The smallest absolute Gasteiger partial charge is 0.412 e. The predicted octanol–water partition coefficient (Wildman–Crippen LogP) is 3.47. The van der Waals surface area contributed by atoms with Gasteiger partial charge in [-0.15, -0.1) is 0 Å². The van der Waals surface area contributed by atoms with E-state index in [1.165, 1.54) is 0 Å². The minimum absolute atomic E-state index is 0.0648. The minimum atomic E-state index is -0.661. The minimum Gasteiger partial charge on any atom is -0.444 e. The molecule has 1 aliphatic rings. The molecule has 1 fully saturated rings. The van der Waals surface area contributed by atoms with Gasteiger partial charge in [-0.3, -0.25) is 4.90 Å². The summed E-state index contributed by atoms with van der Waals surface area (Å²) in [4.78, 5) is 14.2. The van der Waals surface area contributed by atoms with Crippen molar-refractivity contribution in [3.05, 3.63) is 30.3 Å². The zero-order valence-corrected chi connectivity index (χ0v) is 14.1. The molecule has 5 heteroatoms. The second-order valence-corrected chi connectivity index (χ2v) is 7.01. The summed E-state index contributed by atoms with van der Waals surface area (Å²) in [6.45, 7) is 10.5. The Hall–Kier alpha value is -1.75. The molecule has 1 N–H and O–H groups in total. The Balaban J connectivity index is 2.04. The van der Waals surface area contributed by atoms with E-state index in [0.717, 1.165) is 5.69 Å². The van der Waals surface area contributed by atoms with E-state index in [9.17, 15) is 4.79 Å². The standard InChI is InChI=1S/C17H26N2O3/c1-16(2,3)22-15(20)19-14(12-21-17(19,4)5)11-18-13-9-7-6-8-10-13/h6-10,14,18H,11-12H2,1-5H3/t14-/m1/s1. The summed E-state index contributed by atoms with van der Waals surface area (Å²) >= 11 is 0. The van der Waals surface area contributed by atoms with Crippen LogP contribution in [0.2, 0.25) is 0 Å². The Labute approximate surface area is 132 Å². The van der Waals surface area contributed by atoms with Gasteiger partial charge in [-0.05, 0) is 46.8 Å². The fraction of sp³-hybridized carbons (Fsp3) is 0.588. The first kappa shape index (κ1) is 16.6. The molecule has 1 atom stereocenters. The van der Waals surface area contributed by atoms with Gasteiger partial charge in [-0.2, -0.15) is 0 Å². The molecule has 0 bridgehead atoms. The average molecular weight is 306 g/mol. The second-order valence-electron chi connectivity index (χ2n) is 7.01. The molecule has 0 aliphatic carbocycles. The number of nitrogens with one attached hydrogen (secondary N) is 1. The lowest BCUT2D eigenvalue weighted by atomic mass is 10.2. The van der Waals surface area contributed by atoms with Gasteiger partial charge in [-0.25, -0.2) is 4.79 Å². The summed E-state index contributed by atoms with van der Waals surface area (Å²) in [6.07, 6.45) is -0.338. The van der Waals surface area contributed by atoms with E-state index in [1.54, 1.807) is 4.90 Å². The number of benzene rings is 1. The zero-order valence-electron chi connectivity index (χ0n) is 14.1. The average Bonchev–Trinajstić information content (AvgIpc) is 2.71. The molecule has 0 unspecified atom stereocenters. The third kappa shape index (κ3) is 4.13. The quantitative estimate of drug-likeness (QED) is 0.929. The van der Waals surface area contributed by atoms with Gasteiger partial charge in [0.05, 0.1) is 12.6 Å². The van der Waals surface area contributed by atoms with Crippen LogP contribution < -0.4 is 5.32 Å². The van der Waals surface area contributed by atoms with Crippen LogP contribution in [0, 0.1) is 0 Å². The summed E-state index contributed by atoms with van der Waals surface area (Å²) < 4.78 is 11.3. The van der Waals surface area contributed by atoms with Crippen LogP contribution in [-0.2, 0) is 9.47 Å². The number of rotatable bonds is 3. The van der Waals surface area contributed by atoms with Gasteiger partial charge in [0, 0.05) is 12.2 Å². The van der Waals surface area contributed by atoms with Crippen molar-refractivity contribution in [3.63, 3.8) is 0 Å². The van der Waals surface area contributed by atoms with E-state index in [-0.39, 0.29) is 12.1 Å². The van der Waals surface area contributed by atoms with Crippen molar-refractivity contribution in [3.8, 4) is 0 Å². The molecule has 1 heterocycles. The largest absolute Gasteiger partial charge is 0.444 e. The maximum Gasteiger partial charge on any atom is 0.412 e. The van der Waals surface area contributed by atoms with E-state index in [1.807, 2.05) is 65.0 Å². The Morgan fingerprint density at radius 1 is 1.36 bits per heavy atom. The first-order valence-corrected chi connectivity index (χ1v) is 7.64. The Morgan fingerprint density at radius 2 is 2.00 bits per heavy atom. The third-order valence-corrected chi connectivity index (χ3v) is 3.48. The monoisotopic (exact) mass is 306 g/mol. The third-order valence-electron chi connectivity index (χ3n) is 3.48. The lowest BCUT2D eigenvalue weighted by Crippen LogP contribution is -2.51. The first-order valence-electron chi connectivity index (χ1n) is 7.64. The molecule has 1 aliphatic heterocycles. The van der Waals surface area contributed by atoms with Crippen LogP contribution in [0.1, 0.15) is 34.6 Å². The molecule has 1 aromatic carbocycles. The molecule has 0 spiro atoms. The summed E-state index contributed by atoms with van der Waals surface area (Å²) in [5.41, 5.74) is -0.158. The molecule has 0 aromatic heterocycles. The van der Waals surface area contributed by atoms with Gasteiger partial charge in [-0.1, -0.05) is 18.2 Å². The van der Waals surface area contributed by atoms with E-state index < -0.39 is 11.3 Å². The number of hydrogen-bond donors (Lipinski definition) is 1. The molecule has 1 amide bonds. The van der Waals surface area contributed by atoms with Crippen molar-refractivity contribution in [2.24, 2.45) is 0 Å². The summed E-state index contributed by atoms with van der Waals surface area (Å²) in [5.74, 6) is 0. The van der Waals surface area contributed by atoms with Crippen LogP contribution in [0.15, 0.2) is 30.3 Å². The summed E-state index contributed by atoms with van der Waals surface area (Å²) in [7, 11) is 0. The number of para-hydroxylation sites is 1. The van der Waals surface area contributed by atoms with Gasteiger partial charge in [0.2, 0.25) is 0 Å². The van der Waals surface area contributed by atoms with Gasteiger partial charge in [0.15, 0.2) is 0 Å². The highest BCUT2D eigenvalue weighted by Gasteiger charge is 2.45. The lowest BCUT2D eigenvalue weighted by Gasteiger charge is -2.35. The molecule has 0 saturated carbocycles. The Kier molecular flexibility index (Phi) is 4.66. The van der Waals surface area contributed by atoms with Crippen molar-refractivity contribution in [1.82, 2.24) is 4.90 Å². The fourth-order valence-corrected chi connectivity index (χ4v) is 2.51. The van der Waals surface area contributed by atoms with Crippen LogP contribution in [0.3, 0.4) is 0 Å². The maximum absolute atomic E-state index is 12.5. The molecular formula is C17H26N2O3. The van der Waals surface area contributed by atoms with Crippen molar-refractivity contribution >= 4 is 11.8 Å². The molecule has 1 aromatic rings. The van der Waals surface area contributed by atoms with E-state index in [2.05, 4.69) is 5.32 Å². The predicted molar refractivity (Wildman–Crippen MR) is 86.8 cm³/mol. The number of hydrogen-bond acceptors (Lipinski definition) is 4. The Bertz CT molecular complexity index is 508. The number of amides is 1. The van der Waals surface area contributed by atoms with Gasteiger partial charge in [0.1, 0.15) is 11.3 Å². The van der Waals surface area contributed by atoms with Gasteiger partial charge >= 0.3 is 6.09 Å². The molecule has 2 rings (SSSR count). The molecular weight excluding hydrogens is 280 g/mol. The fourth-order valence-electron chi connectivity index (χ4n) is 2.51. The van der Waals surface area contributed by atoms with Crippen molar-refractivity contribution in [2.75, 3.05) is 18.5 Å². The molecule has 1 saturated heterocycles. The molecule has 0 radical (unpaired) electrons. The van der Waals surface area contributed by atoms with E-state index >= 15 is 0 Å². The highest BCUT2D eigenvalue weighted by atomic mass is 16.6. The lowest BCUT2D eigenvalue weighted by molar-refractivity contribution is -0.0620. The van der Waals surface area contributed by atoms with Crippen molar-refractivity contribution in [2.45, 2.75) is 52.0 Å². The second kappa shape index (κ2) is 6.16. The van der Waals surface area contributed by atoms with Crippen LogP contribution in [-0.4, -0.2) is 41.5 Å². The maximum atomic E-state index is 12.5. The Morgan fingerprint density at radius 3 is 2.59 bits per heavy atom. The zero-order chi connectivity index (χ0) is 16.4. The van der Waals surface area contributed by atoms with Gasteiger partial charge in [0.25, 0.3) is 0 Å². The van der Waals surface area contributed by atoms with Crippen LogP contribution in [0.25, 0.3) is 0 Å². The number of ether oxygens (including phenoxy) is 2. The van der Waals surface area contributed by atoms with Gasteiger partial charge < -0.3 is 14.8 Å². The SMILES string of the molecule is CC(C)(C)OC(=O)N1[C@H](CNc2ccccc2)COC1(C)C. The summed E-state index contributed by atoms with van der Waals surface area (Å²) in [5, 5.41) is 3.34. The molecule has 122 valence electrons. The molecule has 5 nitrogen and oxygen atoms in total. The summed E-state index contributed by atoms with van der Waals surface area (Å²) in [6, 6.07) is 9.86. The normalized spacial score (nSPS) is 20.8. The van der Waals surface area contributed by atoms with Crippen LogP contribution in [0.4, 0.5) is 10.5 Å². The van der Waals surface area contributed by atoms with E-state index in [0.29, 0.717) is 13.2 Å². The topological polar surface area (TPSA) is 50.8 Å². The molecule has 22 heavy (non-hydrogen) atoms. The highest BCUT2D eigenvalue weighted by molar-refractivity contribution is 5.70. The van der Waals surface area contributed by atoms with Crippen molar-refractivity contribution in [1.29, 1.82) is 0 Å². The number of carbonyl (C=O) groups is 1. The van der Waals surface area contributed by atoms with Crippen LogP contribution in [0.5, 0.6) is 0 Å². The van der Waals surface area contributed by atoms with E-state index in [4.69, 9.17) is 9.47 Å². The number of anilines is 1. The van der Waals surface area contributed by atoms with Crippen molar-refractivity contribution < 1.29 is 14.3 Å². The number of carbonyl (C=O) groups excluding carboxylic acids is 1. The highest BCUT2D eigenvalue weighted by Crippen LogP contribution is 2.29.